The number of nitrogens with zero attached hydrogens (tertiary/aromatic N) is 1. The Bertz CT molecular complexity index is 609. The van der Waals surface area contributed by atoms with Crippen molar-refractivity contribution in [2.45, 2.75) is 0 Å². The summed E-state index contributed by atoms with van der Waals surface area (Å²) in [6.07, 6.45) is 1.29. The molecule has 0 saturated carbocycles. The molecule has 0 saturated heterocycles. The van der Waals surface area contributed by atoms with Gasteiger partial charge in [0.05, 0.1) is 15.8 Å². The normalized spacial score (nSPS) is 15.4. The van der Waals surface area contributed by atoms with Gasteiger partial charge < -0.3 is 0 Å². The van der Waals surface area contributed by atoms with Gasteiger partial charge >= 0.3 is 0 Å². The zero-order valence-corrected chi connectivity index (χ0v) is 8.88. The lowest BCUT2D eigenvalue weighted by molar-refractivity contribution is -0.123. The van der Waals surface area contributed by atoms with Crippen LogP contribution >= 0.6 is 11.3 Å². The summed E-state index contributed by atoms with van der Waals surface area (Å²) in [5.74, 6) is -0.747. The van der Waals surface area contributed by atoms with E-state index in [4.69, 9.17) is 0 Å². The topological polar surface area (TPSA) is 59.1 Å². The van der Waals surface area contributed by atoms with Gasteiger partial charge in [-0.2, -0.15) is 0 Å². The van der Waals surface area contributed by atoms with E-state index < -0.39 is 0 Å². The molecule has 1 aromatic carbocycles. The summed E-state index contributed by atoms with van der Waals surface area (Å²) < 4.78 is 1.01. The molecule has 5 heteroatoms. The maximum Gasteiger partial charge on any atom is 0.261 e. The number of amides is 2. The van der Waals surface area contributed by atoms with E-state index in [9.17, 15) is 9.59 Å². The van der Waals surface area contributed by atoms with Crippen LogP contribution in [0.15, 0.2) is 30.3 Å². The number of fused-ring (bicyclic) bond motifs is 1. The molecular weight excluding hydrogens is 224 g/mol. The largest absolute Gasteiger partial charge is 0.289 e. The number of benzene rings is 1. The third-order valence-corrected chi connectivity index (χ3v) is 3.35. The highest BCUT2D eigenvalue weighted by Gasteiger charge is 2.24. The van der Waals surface area contributed by atoms with Gasteiger partial charge in [-0.3, -0.25) is 14.9 Å². The summed E-state index contributed by atoms with van der Waals surface area (Å²) >= 11 is 1.41. The van der Waals surface area contributed by atoms with Gasteiger partial charge in [0.25, 0.3) is 11.8 Å². The van der Waals surface area contributed by atoms with E-state index >= 15 is 0 Å². The lowest BCUT2D eigenvalue weighted by Gasteiger charge is -1.91. The molecule has 78 valence electrons. The number of carbonyl (C=O) groups is 2. The number of aromatic nitrogens is 1. The maximum absolute atomic E-state index is 11.4. The van der Waals surface area contributed by atoms with E-state index in [0.29, 0.717) is 10.6 Å². The lowest BCUT2D eigenvalue weighted by Crippen LogP contribution is -2.21. The van der Waals surface area contributed by atoms with Gasteiger partial charge in [0.15, 0.2) is 0 Å². The van der Waals surface area contributed by atoms with Crippen LogP contribution in [0.2, 0.25) is 0 Å². The number of imide groups is 1. The van der Waals surface area contributed by atoms with Crippen LogP contribution in [0.5, 0.6) is 0 Å². The highest BCUT2D eigenvalue weighted by Crippen LogP contribution is 2.28. The molecule has 0 atom stereocenters. The summed E-state index contributed by atoms with van der Waals surface area (Å²) in [4.78, 5) is 26.8. The molecule has 3 rings (SSSR count). The second-order valence-electron chi connectivity index (χ2n) is 3.36. The Kier molecular flexibility index (Phi) is 1.87. The van der Waals surface area contributed by atoms with E-state index in [1.807, 2.05) is 24.3 Å². The van der Waals surface area contributed by atoms with Crippen molar-refractivity contribution in [1.82, 2.24) is 10.3 Å². The van der Waals surface area contributed by atoms with E-state index in [1.54, 1.807) is 0 Å². The first-order valence-electron chi connectivity index (χ1n) is 4.67. The summed E-state index contributed by atoms with van der Waals surface area (Å²) in [6.45, 7) is 0. The number of nitrogens with one attached hydrogen (secondary N) is 1. The van der Waals surface area contributed by atoms with Crippen LogP contribution in [0.1, 0.15) is 5.01 Å². The molecule has 0 bridgehead atoms. The minimum atomic E-state index is -0.376. The molecule has 16 heavy (non-hydrogen) atoms. The first-order valence-corrected chi connectivity index (χ1v) is 5.48. The van der Waals surface area contributed by atoms with Crippen molar-refractivity contribution >= 4 is 38.9 Å². The molecule has 2 heterocycles. The minimum Gasteiger partial charge on any atom is -0.289 e. The number of rotatable bonds is 1. The van der Waals surface area contributed by atoms with Gasteiger partial charge in [0, 0.05) is 6.08 Å². The van der Waals surface area contributed by atoms with Gasteiger partial charge in [-0.05, 0) is 12.1 Å². The standard InChI is InChI=1S/C11H6N2O2S/c14-9-5-6(10(15)13-9)11-12-7-3-1-2-4-8(7)16-11/h1-5H,(H,13,14,15). The van der Waals surface area contributed by atoms with E-state index in [0.717, 1.165) is 10.2 Å². The Morgan fingerprint density at radius 2 is 2.00 bits per heavy atom. The van der Waals surface area contributed by atoms with E-state index in [2.05, 4.69) is 10.3 Å². The molecule has 4 nitrogen and oxygen atoms in total. The zero-order chi connectivity index (χ0) is 11.1. The van der Waals surface area contributed by atoms with Crippen LogP contribution in [0.25, 0.3) is 15.8 Å². The van der Waals surface area contributed by atoms with Crippen LogP contribution in [0, 0.1) is 0 Å². The fourth-order valence-corrected chi connectivity index (χ4v) is 2.54. The summed E-state index contributed by atoms with van der Waals surface area (Å²) in [7, 11) is 0. The van der Waals surface area contributed by atoms with Crippen molar-refractivity contribution < 1.29 is 9.59 Å². The number of hydrogen-bond donors (Lipinski definition) is 1. The Hall–Kier alpha value is -2.01. The first-order chi connectivity index (χ1) is 7.74. The number of hydrogen-bond acceptors (Lipinski definition) is 4. The molecule has 1 aliphatic heterocycles. The van der Waals surface area contributed by atoms with Crippen LogP contribution in [-0.2, 0) is 9.59 Å². The van der Waals surface area contributed by atoms with Crippen molar-refractivity contribution in [3.63, 3.8) is 0 Å². The second-order valence-corrected chi connectivity index (χ2v) is 4.39. The van der Waals surface area contributed by atoms with Crippen molar-refractivity contribution in [3.8, 4) is 0 Å². The van der Waals surface area contributed by atoms with E-state index in [-0.39, 0.29) is 11.8 Å². The Morgan fingerprint density at radius 3 is 2.69 bits per heavy atom. The van der Waals surface area contributed by atoms with Gasteiger partial charge in [0.2, 0.25) is 0 Å². The fourth-order valence-electron chi connectivity index (χ4n) is 1.56. The Labute approximate surface area is 94.6 Å². The SMILES string of the molecule is O=C1C=C(c2nc3ccccc3s2)C(=O)N1. The molecule has 0 aliphatic carbocycles. The average molecular weight is 230 g/mol. The number of thiazole rings is 1. The van der Waals surface area contributed by atoms with Crippen LogP contribution in [0.4, 0.5) is 0 Å². The highest BCUT2D eigenvalue weighted by atomic mass is 32.1. The van der Waals surface area contributed by atoms with Gasteiger partial charge in [-0.1, -0.05) is 12.1 Å². The third-order valence-electron chi connectivity index (χ3n) is 2.28. The van der Waals surface area contributed by atoms with Crippen LogP contribution in [-0.4, -0.2) is 16.8 Å². The summed E-state index contributed by atoms with van der Waals surface area (Å²) in [5, 5.41) is 2.79. The molecule has 2 amide bonds. The van der Waals surface area contributed by atoms with Crippen molar-refractivity contribution in [2.75, 3.05) is 0 Å². The monoisotopic (exact) mass is 230 g/mol. The first kappa shape index (κ1) is 9.23. The second kappa shape index (κ2) is 3.24. The predicted molar refractivity (Wildman–Crippen MR) is 60.7 cm³/mol. The molecule has 0 spiro atoms. The molecule has 0 radical (unpaired) electrons. The summed E-state index contributed by atoms with van der Waals surface area (Å²) in [6, 6.07) is 7.62. The predicted octanol–water partition coefficient (Wildman–Crippen LogP) is 1.34. The molecule has 2 aromatic rings. The number of carbonyl (C=O) groups excluding carboxylic acids is 2. The minimum absolute atomic E-state index is 0.353. The van der Waals surface area contributed by atoms with Crippen molar-refractivity contribution in [2.24, 2.45) is 0 Å². The van der Waals surface area contributed by atoms with Gasteiger partial charge in [-0.15, -0.1) is 11.3 Å². The summed E-state index contributed by atoms with van der Waals surface area (Å²) in [5.41, 5.74) is 1.20. The molecule has 1 N–H and O–H groups in total. The van der Waals surface area contributed by atoms with Crippen molar-refractivity contribution in [1.29, 1.82) is 0 Å². The van der Waals surface area contributed by atoms with Gasteiger partial charge in [-0.25, -0.2) is 4.98 Å². The zero-order valence-electron chi connectivity index (χ0n) is 8.06. The quantitative estimate of drug-likeness (QED) is 0.752. The molecule has 1 aromatic heterocycles. The van der Waals surface area contributed by atoms with Crippen molar-refractivity contribution in [3.05, 3.63) is 35.3 Å². The lowest BCUT2D eigenvalue weighted by atomic mass is 10.3. The maximum atomic E-state index is 11.4. The Morgan fingerprint density at radius 1 is 1.19 bits per heavy atom. The molecular formula is C11H6N2O2S. The highest BCUT2D eigenvalue weighted by molar-refractivity contribution is 7.19. The Balaban J connectivity index is 2.16. The molecule has 0 fully saturated rings. The molecule has 0 unspecified atom stereocenters. The average Bonchev–Trinajstić information content (AvgIpc) is 2.81. The molecule has 1 aliphatic rings. The number of para-hydroxylation sites is 1. The fraction of sp³-hybridized carbons (Fsp3) is 0. The third kappa shape index (κ3) is 1.33. The van der Waals surface area contributed by atoms with E-state index in [1.165, 1.54) is 17.4 Å². The smallest absolute Gasteiger partial charge is 0.261 e. The van der Waals surface area contributed by atoms with Crippen LogP contribution < -0.4 is 5.32 Å². The van der Waals surface area contributed by atoms with Crippen LogP contribution in [0.3, 0.4) is 0 Å². The van der Waals surface area contributed by atoms with Gasteiger partial charge in [0.1, 0.15) is 5.01 Å².